The Labute approximate surface area is 360 Å². The zero-order valence-corrected chi connectivity index (χ0v) is 34.1. The highest BCUT2D eigenvalue weighted by atomic mass is 16.5. The van der Waals surface area contributed by atoms with E-state index in [-0.39, 0.29) is 12.4 Å². The van der Waals surface area contributed by atoms with Crippen LogP contribution < -0.4 is 24.4 Å². The van der Waals surface area contributed by atoms with Crippen molar-refractivity contribution in [2.45, 2.75) is 26.2 Å². The first-order valence-electron chi connectivity index (χ1n) is 22.1. The van der Waals surface area contributed by atoms with Crippen molar-refractivity contribution >= 4 is 68.0 Å². The van der Waals surface area contributed by atoms with Gasteiger partial charge in [-0.1, -0.05) is 118 Å². The van der Waals surface area contributed by atoms with Gasteiger partial charge in [-0.25, -0.2) is 4.98 Å². The first-order valence-corrected chi connectivity index (χ1v) is 20.6. The molecule has 3 aromatic heterocycles. The molecule has 0 saturated heterocycles. The van der Waals surface area contributed by atoms with Gasteiger partial charge in [-0.3, -0.25) is 4.57 Å². The SMILES string of the molecule is [2H]C([2H])([2H])[n+]1[c-]n(-c2cccc(Oc3ccc4c5cc(B6N(c7ccccc7)c7ccccc7N6c6ccccc6)ccc5n(-c5cc(C(C)(C)C)ccn5)c4c3)c2)c2ccccc21. The lowest BCUT2D eigenvalue weighted by Gasteiger charge is -2.30. The van der Waals surface area contributed by atoms with Gasteiger partial charge in [0, 0.05) is 34.4 Å². The first-order chi connectivity index (χ1) is 31.0. The van der Waals surface area contributed by atoms with Crippen LogP contribution in [0.1, 0.15) is 30.4 Å². The van der Waals surface area contributed by atoms with Crippen LogP contribution in [-0.4, -0.2) is 21.1 Å². The van der Waals surface area contributed by atoms with E-state index in [1.807, 2.05) is 54.7 Å². The van der Waals surface area contributed by atoms with Crippen molar-refractivity contribution < 1.29 is 13.4 Å². The molecule has 61 heavy (non-hydrogen) atoms. The molecule has 0 atom stereocenters. The number of rotatable bonds is 7. The van der Waals surface area contributed by atoms with Crippen LogP contribution in [0, 0.1) is 6.33 Å². The molecule has 7 nitrogen and oxygen atoms in total. The van der Waals surface area contributed by atoms with Gasteiger partial charge in [0.15, 0.2) is 0 Å². The Bertz CT molecular complexity index is 3310. The van der Waals surface area contributed by atoms with Crippen molar-refractivity contribution in [2.24, 2.45) is 6.98 Å². The van der Waals surface area contributed by atoms with E-state index in [1.165, 1.54) is 10.1 Å². The minimum atomic E-state index is -2.39. The van der Waals surface area contributed by atoms with Gasteiger partial charge in [-0.2, -0.15) is 0 Å². The molecule has 0 fully saturated rings. The van der Waals surface area contributed by atoms with Gasteiger partial charge in [-0.05, 0) is 95.3 Å². The number of aromatic nitrogens is 4. The average molecular weight is 794 g/mol. The summed E-state index contributed by atoms with van der Waals surface area (Å²) in [5.41, 5.74) is 10.7. The molecule has 0 radical (unpaired) electrons. The number of fused-ring (bicyclic) bond motifs is 5. The Morgan fingerprint density at radius 2 is 1.26 bits per heavy atom. The fourth-order valence-electron chi connectivity index (χ4n) is 8.85. The number of pyridine rings is 1. The summed E-state index contributed by atoms with van der Waals surface area (Å²) in [5.74, 6) is 2.07. The van der Waals surface area contributed by atoms with Crippen LogP contribution in [0.3, 0.4) is 0 Å². The van der Waals surface area contributed by atoms with Crippen LogP contribution >= 0.6 is 0 Å². The smallest absolute Gasteiger partial charge is 0.420 e. The van der Waals surface area contributed by atoms with Crippen LogP contribution in [0.25, 0.3) is 44.3 Å². The predicted octanol–water partition coefficient (Wildman–Crippen LogP) is 11.5. The standard InChI is InChI=1S/C53H43BN6O/c1-53(2,3)37-30-31-55-52(32-37)58-46-29-26-38(54-59(39-16-7-5-8-17-39)49-24-13-14-25-50(49)60(54)40-18-9-6-10-19-40)33-45(46)44-28-27-43(35-51(44)58)61-42-21-15-20-41(34-42)57-36-56(4)47-22-11-12-23-48(47)57/h5-35H,1-4H3/i4D3. The number of benzene rings is 7. The Kier molecular flexibility index (Phi) is 7.81. The van der Waals surface area contributed by atoms with E-state index in [0.29, 0.717) is 17.0 Å². The molecule has 0 saturated carbocycles. The number of hydrogen-bond donors (Lipinski definition) is 0. The minimum Gasteiger partial charge on any atom is -0.458 e. The Morgan fingerprint density at radius 3 is 1.98 bits per heavy atom. The van der Waals surface area contributed by atoms with E-state index in [9.17, 15) is 0 Å². The largest absolute Gasteiger partial charge is 0.458 e. The predicted molar refractivity (Wildman–Crippen MR) is 250 cm³/mol. The van der Waals surface area contributed by atoms with E-state index in [0.717, 1.165) is 67.0 Å². The molecule has 0 spiro atoms. The topological polar surface area (TPSA) is 42.3 Å². The average Bonchev–Trinajstić information content (AvgIpc) is 3.98. The second-order valence-corrected chi connectivity index (χ2v) is 16.6. The van der Waals surface area contributed by atoms with Crippen molar-refractivity contribution in [3.05, 3.63) is 200 Å². The maximum atomic E-state index is 8.14. The highest BCUT2D eigenvalue weighted by Crippen LogP contribution is 2.46. The zero-order chi connectivity index (χ0) is 43.7. The number of nitrogens with zero attached hydrogens (tertiary/aromatic N) is 6. The molecule has 0 unspecified atom stereocenters. The van der Waals surface area contributed by atoms with Crippen LogP contribution in [0.4, 0.5) is 22.7 Å². The normalized spacial score (nSPS) is 13.8. The van der Waals surface area contributed by atoms with Crippen LogP contribution in [0.5, 0.6) is 11.5 Å². The molecular weight excluding hydrogens is 747 g/mol. The summed E-state index contributed by atoms with van der Waals surface area (Å²) in [5, 5.41) is 2.16. The van der Waals surface area contributed by atoms with Crippen molar-refractivity contribution in [1.29, 1.82) is 0 Å². The molecular formula is C53H43BN6O. The molecule has 0 bridgehead atoms. The molecule has 1 aliphatic rings. The van der Waals surface area contributed by atoms with E-state index in [4.69, 9.17) is 13.8 Å². The lowest BCUT2D eigenvalue weighted by molar-refractivity contribution is -0.649. The number of anilines is 4. The first kappa shape index (κ1) is 33.3. The molecule has 10 aromatic rings. The summed E-state index contributed by atoms with van der Waals surface area (Å²) in [4.78, 5) is 9.86. The van der Waals surface area contributed by atoms with Crippen molar-refractivity contribution in [3.63, 3.8) is 0 Å². The summed E-state index contributed by atoms with van der Waals surface area (Å²) in [6.45, 7) is 4.08. The zero-order valence-electron chi connectivity index (χ0n) is 37.1. The minimum absolute atomic E-state index is 0.0899. The molecule has 11 rings (SSSR count). The lowest BCUT2D eigenvalue weighted by Crippen LogP contribution is -2.53. The Morgan fingerprint density at radius 1 is 0.590 bits per heavy atom. The van der Waals surface area contributed by atoms with E-state index >= 15 is 0 Å². The van der Waals surface area contributed by atoms with Gasteiger partial charge in [0.2, 0.25) is 6.33 Å². The van der Waals surface area contributed by atoms with Gasteiger partial charge in [-0.15, -0.1) is 0 Å². The number of para-hydroxylation sites is 6. The second kappa shape index (κ2) is 14.3. The Hall–Kier alpha value is -7.58. The highest BCUT2D eigenvalue weighted by Gasteiger charge is 2.43. The van der Waals surface area contributed by atoms with Crippen molar-refractivity contribution in [3.8, 4) is 23.0 Å². The van der Waals surface area contributed by atoms with Gasteiger partial charge in [0.05, 0.1) is 50.2 Å². The molecule has 7 aromatic carbocycles. The third kappa shape index (κ3) is 6.22. The Balaban J connectivity index is 1.07. The molecule has 0 amide bonds. The quantitative estimate of drug-likeness (QED) is 0.0916. The fraction of sp³-hybridized carbons (Fsp3) is 0.0943. The maximum Gasteiger partial charge on any atom is 0.420 e. The van der Waals surface area contributed by atoms with Gasteiger partial charge in [0.1, 0.15) is 17.3 Å². The van der Waals surface area contributed by atoms with E-state index in [2.05, 4.69) is 169 Å². The van der Waals surface area contributed by atoms with Gasteiger partial charge in [0.25, 0.3) is 0 Å². The van der Waals surface area contributed by atoms with Crippen molar-refractivity contribution in [2.75, 3.05) is 9.62 Å². The van der Waals surface area contributed by atoms with Crippen LogP contribution in [0.15, 0.2) is 188 Å². The number of aryl methyl sites for hydroxylation is 1. The number of ether oxygens (including phenoxy) is 1. The molecule has 0 aliphatic carbocycles. The lowest BCUT2D eigenvalue weighted by atomic mass is 9.64. The van der Waals surface area contributed by atoms with Crippen LogP contribution in [-0.2, 0) is 12.4 Å². The summed E-state index contributed by atoms with van der Waals surface area (Å²) >= 11 is 0. The highest BCUT2D eigenvalue weighted by molar-refractivity contribution is 6.84. The summed E-state index contributed by atoms with van der Waals surface area (Å²) in [6, 6.07) is 62.3. The third-order valence-electron chi connectivity index (χ3n) is 11.7. The molecule has 1 aliphatic heterocycles. The second-order valence-electron chi connectivity index (χ2n) is 16.6. The molecule has 0 N–H and O–H groups in total. The fourth-order valence-corrected chi connectivity index (χ4v) is 8.85. The summed E-state index contributed by atoms with van der Waals surface area (Å²) < 4.78 is 36.3. The maximum absolute atomic E-state index is 8.14. The monoisotopic (exact) mass is 793 g/mol. The molecule has 4 heterocycles. The van der Waals surface area contributed by atoms with Crippen LogP contribution in [0.2, 0.25) is 0 Å². The van der Waals surface area contributed by atoms with E-state index < -0.39 is 6.98 Å². The number of imidazole rings is 1. The molecule has 294 valence electrons. The van der Waals surface area contributed by atoms with Gasteiger partial charge < -0.3 is 23.5 Å². The van der Waals surface area contributed by atoms with Crippen molar-refractivity contribution in [1.82, 2.24) is 14.1 Å². The number of hydrogen-bond acceptors (Lipinski definition) is 4. The third-order valence-corrected chi connectivity index (χ3v) is 11.7. The molecule has 8 heteroatoms. The summed E-state index contributed by atoms with van der Waals surface area (Å²) in [7, 11) is 0. The van der Waals surface area contributed by atoms with E-state index in [1.54, 1.807) is 10.6 Å². The summed E-state index contributed by atoms with van der Waals surface area (Å²) in [6.07, 6.45) is 4.97. The van der Waals surface area contributed by atoms with Gasteiger partial charge >= 0.3 is 6.98 Å².